The number of nitrogens with zero attached hydrogens (tertiary/aromatic N) is 1. The summed E-state index contributed by atoms with van der Waals surface area (Å²) in [6, 6.07) is 8.21. The number of halogens is 1. The minimum Gasteiger partial charge on any atom is -0.494 e. The molecule has 1 aromatic carbocycles. The lowest BCUT2D eigenvalue weighted by molar-refractivity contribution is -0.134. The Kier molecular flexibility index (Phi) is 7.89. The van der Waals surface area contributed by atoms with Crippen molar-refractivity contribution < 1.29 is 9.53 Å². The highest BCUT2D eigenvalue weighted by Crippen LogP contribution is 2.18. The molecule has 0 saturated carbocycles. The number of carbonyl (C=O) groups is 1. The van der Waals surface area contributed by atoms with E-state index in [9.17, 15) is 4.79 Å². The molecule has 0 aliphatic carbocycles. The van der Waals surface area contributed by atoms with Gasteiger partial charge in [0, 0.05) is 23.5 Å². The molecule has 1 heterocycles. The third-order valence-corrected chi connectivity index (χ3v) is 4.63. The van der Waals surface area contributed by atoms with Crippen LogP contribution < -0.4 is 10.1 Å². The molecule has 0 radical (unpaired) electrons. The van der Waals surface area contributed by atoms with E-state index in [1.54, 1.807) is 0 Å². The van der Waals surface area contributed by atoms with Crippen LogP contribution >= 0.6 is 15.9 Å². The minimum atomic E-state index is 0.275. The van der Waals surface area contributed by atoms with Gasteiger partial charge in [-0.1, -0.05) is 28.9 Å². The van der Waals surface area contributed by atoms with E-state index in [0.717, 1.165) is 55.5 Å². The van der Waals surface area contributed by atoms with Crippen LogP contribution in [0.4, 0.5) is 0 Å². The smallest absolute Gasteiger partial charge is 0.222 e. The van der Waals surface area contributed by atoms with Gasteiger partial charge in [-0.3, -0.25) is 4.79 Å². The zero-order valence-electron chi connectivity index (χ0n) is 13.9. The van der Waals surface area contributed by atoms with Crippen molar-refractivity contribution in [3.8, 4) is 5.75 Å². The van der Waals surface area contributed by atoms with Gasteiger partial charge < -0.3 is 15.0 Å². The second-order valence-corrected chi connectivity index (χ2v) is 6.89. The molecular weight excluding hydrogens is 356 g/mol. The van der Waals surface area contributed by atoms with Crippen LogP contribution in [0.15, 0.2) is 28.7 Å². The fourth-order valence-corrected chi connectivity index (χ4v) is 3.36. The van der Waals surface area contributed by atoms with E-state index in [-0.39, 0.29) is 5.91 Å². The summed E-state index contributed by atoms with van der Waals surface area (Å²) in [4.78, 5) is 14.6. The maximum Gasteiger partial charge on any atom is 0.222 e. The topological polar surface area (TPSA) is 41.6 Å². The van der Waals surface area contributed by atoms with E-state index in [0.29, 0.717) is 19.1 Å². The summed E-state index contributed by atoms with van der Waals surface area (Å²) in [5.41, 5.74) is 0. The quantitative estimate of drug-likeness (QED) is 0.698. The lowest BCUT2D eigenvalue weighted by atomic mass is 10.0. The van der Waals surface area contributed by atoms with E-state index in [1.165, 1.54) is 0 Å². The van der Waals surface area contributed by atoms with Crippen molar-refractivity contribution in [3.05, 3.63) is 28.7 Å². The number of carbonyl (C=O) groups excluding carboxylic acids is 1. The lowest BCUT2D eigenvalue weighted by Gasteiger charge is -2.34. The van der Waals surface area contributed by atoms with E-state index < -0.39 is 0 Å². The van der Waals surface area contributed by atoms with Crippen LogP contribution in [0.3, 0.4) is 0 Å². The molecule has 0 spiro atoms. The summed E-state index contributed by atoms with van der Waals surface area (Å²) in [6.45, 7) is 5.62. The first kappa shape index (κ1) is 18.3. The van der Waals surface area contributed by atoms with Crippen molar-refractivity contribution in [1.82, 2.24) is 10.2 Å². The Morgan fingerprint density at radius 2 is 2.17 bits per heavy atom. The van der Waals surface area contributed by atoms with E-state index >= 15 is 0 Å². The Hall–Kier alpha value is -1.07. The Balaban J connectivity index is 1.75. The molecule has 1 aliphatic heterocycles. The van der Waals surface area contributed by atoms with Crippen molar-refractivity contribution >= 4 is 21.8 Å². The van der Waals surface area contributed by atoms with Crippen LogP contribution in [-0.2, 0) is 4.79 Å². The Morgan fingerprint density at radius 1 is 1.39 bits per heavy atom. The number of rotatable bonds is 8. The van der Waals surface area contributed by atoms with Gasteiger partial charge in [-0.2, -0.15) is 0 Å². The molecule has 5 heteroatoms. The van der Waals surface area contributed by atoms with Gasteiger partial charge in [-0.15, -0.1) is 0 Å². The molecule has 1 fully saturated rings. The Morgan fingerprint density at radius 3 is 2.87 bits per heavy atom. The first-order chi connectivity index (χ1) is 11.2. The molecule has 1 N–H and O–H groups in total. The molecule has 0 bridgehead atoms. The van der Waals surface area contributed by atoms with Gasteiger partial charge in [0.1, 0.15) is 5.75 Å². The van der Waals surface area contributed by atoms with Gasteiger partial charge in [0.2, 0.25) is 5.91 Å². The van der Waals surface area contributed by atoms with Crippen LogP contribution in [0.1, 0.15) is 39.0 Å². The van der Waals surface area contributed by atoms with E-state index in [1.807, 2.05) is 24.3 Å². The molecule has 4 nitrogen and oxygen atoms in total. The first-order valence-corrected chi connectivity index (χ1v) is 9.38. The molecule has 1 amide bonds. The van der Waals surface area contributed by atoms with Crippen molar-refractivity contribution in [1.29, 1.82) is 0 Å². The minimum absolute atomic E-state index is 0.275. The third-order valence-electron chi connectivity index (χ3n) is 4.13. The van der Waals surface area contributed by atoms with Crippen LogP contribution in [0.5, 0.6) is 5.75 Å². The van der Waals surface area contributed by atoms with Gasteiger partial charge in [-0.25, -0.2) is 0 Å². The summed E-state index contributed by atoms with van der Waals surface area (Å²) in [5.74, 6) is 1.12. The van der Waals surface area contributed by atoms with Gasteiger partial charge in [0.15, 0.2) is 0 Å². The SMILES string of the molecule is CCCN(C(=O)CCCOc1cccc(Br)c1)C1CCNCC1. The Labute approximate surface area is 147 Å². The van der Waals surface area contributed by atoms with Gasteiger partial charge in [0.25, 0.3) is 0 Å². The predicted octanol–water partition coefficient (Wildman–Crippen LogP) is 3.60. The third kappa shape index (κ3) is 6.15. The molecule has 1 aliphatic rings. The summed E-state index contributed by atoms with van der Waals surface area (Å²) in [5, 5.41) is 3.36. The zero-order valence-corrected chi connectivity index (χ0v) is 15.5. The molecule has 0 unspecified atom stereocenters. The number of hydrogen-bond acceptors (Lipinski definition) is 3. The fourth-order valence-electron chi connectivity index (χ4n) is 2.98. The van der Waals surface area contributed by atoms with Gasteiger partial charge >= 0.3 is 0 Å². The second kappa shape index (κ2) is 9.93. The van der Waals surface area contributed by atoms with E-state index in [2.05, 4.69) is 33.1 Å². The van der Waals surface area contributed by atoms with E-state index in [4.69, 9.17) is 4.74 Å². The fraction of sp³-hybridized carbons (Fsp3) is 0.611. The molecule has 0 aromatic heterocycles. The maximum atomic E-state index is 12.5. The standard InChI is InChI=1S/C18H27BrN2O2/c1-2-12-21(16-8-10-20-11-9-16)18(22)7-4-13-23-17-6-3-5-15(19)14-17/h3,5-6,14,16,20H,2,4,7-13H2,1H3. The molecular formula is C18H27BrN2O2. The highest BCUT2D eigenvalue weighted by molar-refractivity contribution is 9.10. The molecule has 1 saturated heterocycles. The number of benzene rings is 1. The average Bonchev–Trinajstić information content (AvgIpc) is 2.57. The van der Waals surface area contributed by atoms with Crippen LogP contribution in [0, 0.1) is 0 Å². The monoisotopic (exact) mass is 382 g/mol. The zero-order chi connectivity index (χ0) is 16.5. The normalized spacial score (nSPS) is 15.4. The maximum absolute atomic E-state index is 12.5. The van der Waals surface area contributed by atoms with Crippen molar-refractivity contribution in [2.45, 2.75) is 45.1 Å². The molecule has 0 atom stereocenters. The van der Waals surface area contributed by atoms with Crippen molar-refractivity contribution in [2.75, 3.05) is 26.2 Å². The second-order valence-electron chi connectivity index (χ2n) is 5.98. The average molecular weight is 383 g/mol. The summed E-state index contributed by atoms with van der Waals surface area (Å²) < 4.78 is 6.72. The molecule has 23 heavy (non-hydrogen) atoms. The van der Waals surface area contributed by atoms with Crippen LogP contribution in [-0.4, -0.2) is 43.1 Å². The Bertz CT molecular complexity index is 490. The number of hydrogen-bond donors (Lipinski definition) is 1. The molecule has 128 valence electrons. The largest absolute Gasteiger partial charge is 0.494 e. The van der Waals surface area contributed by atoms with Crippen LogP contribution in [0.2, 0.25) is 0 Å². The number of nitrogens with one attached hydrogen (secondary N) is 1. The summed E-state index contributed by atoms with van der Waals surface area (Å²) in [7, 11) is 0. The number of ether oxygens (including phenoxy) is 1. The number of piperidine rings is 1. The van der Waals surface area contributed by atoms with Gasteiger partial charge in [-0.05, 0) is 57.0 Å². The summed E-state index contributed by atoms with van der Waals surface area (Å²) in [6.07, 6.45) is 4.49. The van der Waals surface area contributed by atoms with Crippen molar-refractivity contribution in [2.24, 2.45) is 0 Å². The predicted molar refractivity (Wildman–Crippen MR) is 96.8 cm³/mol. The molecule has 2 rings (SSSR count). The first-order valence-electron chi connectivity index (χ1n) is 8.59. The highest BCUT2D eigenvalue weighted by atomic mass is 79.9. The summed E-state index contributed by atoms with van der Waals surface area (Å²) >= 11 is 3.43. The highest BCUT2D eigenvalue weighted by Gasteiger charge is 2.24. The van der Waals surface area contributed by atoms with Crippen molar-refractivity contribution in [3.63, 3.8) is 0 Å². The van der Waals surface area contributed by atoms with Crippen LogP contribution in [0.25, 0.3) is 0 Å². The van der Waals surface area contributed by atoms with Gasteiger partial charge in [0.05, 0.1) is 6.61 Å². The molecule has 1 aromatic rings. The number of amides is 1. The lowest BCUT2D eigenvalue weighted by Crippen LogP contribution is -2.46.